The van der Waals surface area contributed by atoms with Crippen LogP contribution in [0.15, 0.2) is 72.8 Å². The van der Waals surface area contributed by atoms with Crippen molar-refractivity contribution in [1.29, 1.82) is 0 Å². The van der Waals surface area contributed by atoms with E-state index in [0.717, 1.165) is 17.0 Å². The Bertz CT molecular complexity index is 1130. The molecule has 0 bridgehead atoms. The van der Waals surface area contributed by atoms with Gasteiger partial charge in [-0.1, -0.05) is 12.1 Å². The van der Waals surface area contributed by atoms with Gasteiger partial charge in [0.2, 0.25) is 0 Å². The SMILES string of the molecule is O=C(COC(=O)c1ccc(N2C(=O)c3ccccc3C2=O)cc1)c1ccc(F)cc1. The number of Topliss-reactive ketones (excluding diaryl/α,β-unsaturated/α-hetero) is 1. The number of amides is 2. The van der Waals surface area contributed by atoms with Crippen molar-refractivity contribution in [3.05, 3.63) is 101 Å². The first-order chi connectivity index (χ1) is 14.5. The zero-order valence-corrected chi connectivity index (χ0v) is 15.5. The minimum Gasteiger partial charge on any atom is -0.454 e. The molecule has 1 aliphatic rings. The molecular formula is C23H14FNO5. The molecule has 3 aromatic carbocycles. The zero-order valence-electron chi connectivity index (χ0n) is 15.5. The minimum atomic E-state index is -0.737. The van der Waals surface area contributed by atoms with Gasteiger partial charge in [-0.05, 0) is 60.7 Å². The van der Waals surface area contributed by atoms with Crippen molar-refractivity contribution < 1.29 is 28.3 Å². The molecule has 1 heterocycles. The second-order valence-electron chi connectivity index (χ2n) is 6.54. The Hall–Kier alpha value is -4.13. The van der Waals surface area contributed by atoms with Gasteiger partial charge in [-0.15, -0.1) is 0 Å². The molecule has 2 amide bonds. The molecule has 0 aliphatic carbocycles. The number of ether oxygens (including phenoxy) is 1. The Morgan fingerprint density at radius 3 is 1.87 bits per heavy atom. The second-order valence-corrected chi connectivity index (χ2v) is 6.54. The largest absolute Gasteiger partial charge is 0.454 e. The molecule has 3 aromatic rings. The van der Waals surface area contributed by atoms with Crippen LogP contribution in [0.5, 0.6) is 0 Å². The number of hydrogen-bond acceptors (Lipinski definition) is 5. The Morgan fingerprint density at radius 2 is 1.30 bits per heavy atom. The maximum absolute atomic E-state index is 12.9. The van der Waals surface area contributed by atoms with E-state index in [2.05, 4.69) is 0 Å². The number of imide groups is 1. The van der Waals surface area contributed by atoms with E-state index in [1.54, 1.807) is 24.3 Å². The normalized spacial score (nSPS) is 12.6. The number of esters is 1. The number of carbonyl (C=O) groups excluding carboxylic acids is 4. The van der Waals surface area contributed by atoms with Gasteiger partial charge in [0, 0.05) is 5.56 Å². The van der Waals surface area contributed by atoms with Crippen LogP contribution in [-0.2, 0) is 4.74 Å². The lowest BCUT2D eigenvalue weighted by Crippen LogP contribution is -2.29. The van der Waals surface area contributed by atoms with Crippen LogP contribution in [0.1, 0.15) is 41.4 Å². The average molecular weight is 403 g/mol. The van der Waals surface area contributed by atoms with Crippen molar-refractivity contribution in [3.63, 3.8) is 0 Å². The van der Waals surface area contributed by atoms with Gasteiger partial charge < -0.3 is 4.74 Å². The standard InChI is InChI=1S/C23H14FNO5/c24-16-9-5-14(6-10-16)20(26)13-30-23(29)15-7-11-17(12-8-15)25-21(27)18-3-1-2-4-19(18)22(25)28/h1-12H,13H2. The lowest BCUT2D eigenvalue weighted by molar-refractivity contribution is 0.0474. The van der Waals surface area contributed by atoms with E-state index in [1.807, 2.05) is 0 Å². The number of benzene rings is 3. The van der Waals surface area contributed by atoms with E-state index in [9.17, 15) is 23.6 Å². The third kappa shape index (κ3) is 3.48. The second kappa shape index (κ2) is 7.71. The summed E-state index contributed by atoms with van der Waals surface area (Å²) in [5.74, 6) is -2.54. The number of fused-ring (bicyclic) bond motifs is 1. The fourth-order valence-corrected chi connectivity index (χ4v) is 3.10. The summed E-state index contributed by atoms with van der Waals surface area (Å²) in [6, 6.07) is 17.2. The molecule has 4 rings (SSSR count). The highest BCUT2D eigenvalue weighted by Gasteiger charge is 2.36. The molecule has 0 saturated carbocycles. The van der Waals surface area contributed by atoms with E-state index in [4.69, 9.17) is 4.74 Å². The maximum atomic E-state index is 12.9. The number of ketones is 1. The quantitative estimate of drug-likeness (QED) is 0.369. The van der Waals surface area contributed by atoms with Crippen molar-refractivity contribution in [2.45, 2.75) is 0 Å². The molecular weight excluding hydrogens is 389 g/mol. The summed E-state index contributed by atoms with van der Waals surface area (Å²) in [6.07, 6.45) is 0. The molecule has 7 heteroatoms. The van der Waals surface area contributed by atoms with Gasteiger partial charge in [0.15, 0.2) is 12.4 Å². The van der Waals surface area contributed by atoms with Crippen molar-refractivity contribution >= 4 is 29.3 Å². The fraction of sp³-hybridized carbons (Fsp3) is 0.0435. The number of hydrogen-bond donors (Lipinski definition) is 0. The average Bonchev–Trinajstić information content (AvgIpc) is 3.03. The molecule has 0 N–H and O–H groups in total. The van der Waals surface area contributed by atoms with Crippen LogP contribution in [0.3, 0.4) is 0 Å². The summed E-state index contributed by atoms with van der Waals surface area (Å²) in [6.45, 7) is -0.495. The maximum Gasteiger partial charge on any atom is 0.338 e. The summed E-state index contributed by atoms with van der Waals surface area (Å²) >= 11 is 0. The number of carbonyl (C=O) groups is 4. The van der Waals surface area contributed by atoms with Crippen molar-refractivity contribution in [3.8, 4) is 0 Å². The summed E-state index contributed by atoms with van der Waals surface area (Å²) in [5.41, 5.74) is 1.35. The van der Waals surface area contributed by atoms with Crippen LogP contribution in [0.4, 0.5) is 10.1 Å². The van der Waals surface area contributed by atoms with Crippen molar-refractivity contribution in [2.75, 3.05) is 11.5 Å². The predicted molar refractivity (Wildman–Crippen MR) is 105 cm³/mol. The lowest BCUT2D eigenvalue weighted by Gasteiger charge is -2.14. The summed E-state index contributed by atoms with van der Waals surface area (Å²) in [7, 11) is 0. The van der Waals surface area contributed by atoms with Gasteiger partial charge >= 0.3 is 5.97 Å². The molecule has 0 fully saturated rings. The highest BCUT2D eigenvalue weighted by molar-refractivity contribution is 6.34. The van der Waals surface area contributed by atoms with Gasteiger partial charge in [-0.3, -0.25) is 14.4 Å². The zero-order chi connectivity index (χ0) is 21.3. The van der Waals surface area contributed by atoms with Crippen molar-refractivity contribution in [2.24, 2.45) is 0 Å². The Labute approximate surface area is 170 Å². The number of halogens is 1. The first-order valence-corrected chi connectivity index (χ1v) is 8.99. The van der Waals surface area contributed by atoms with Gasteiger partial charge in [-0.2, -0.15) is 0 Å². The Balaban J connectivity index is 1.43. The third-order valence-corrected chi connectivity index (χ3v) is 4.66. The molecule has 0 radical (unpaired) electrons. The lowest BCUT2D eigenvalue weighted by atomic mass is 10.1. The number of anilines is 1. The topological polar surface area (TPSA) is 80.8 Å². The molecule has 30 heavy (non-hydrogen) atoms. The monoisotopic (exact) mass is 403 g/mol. The van der Waals surface area contributed by atoms with Crippen LogP contribution in [0.2, 0.25) is 0 Å². The van der Waals surface area contributed by atoms with Gasteiger partial charge in [-0.25, -0.2) is 14.1 Å². The molecule has 0 spiro atoms. The molecule has 0 unspecified atom stereocenters. The van der Waals surface area contributed by atoms with E-state index >= 15 is 0 Å². The number of nitrogens with zero attached hydrogens (tertiary/aromatic N) is 1. The van der Waals surface area contributed by atoms with Crippen molar-refractivity contribution in [1.82, 2.24) is 0 Å². The molecule has 0 atom stereocenters. The van der Waals surface area contributed by atoms with Crippen LogP contribution >= 0.6 is 0 Å². The van der Waals surface area contributed by atoms with Crippen LogP contribution in [-0.4, -0.2) is 30.2 Å². The van der Waals surface area contributed by atoms with Crippen LogP contribution in [0, 0.1) is 5.82 Å². The molecule has 148 valence electrons. The predicted octanol–water partition coefficient (Wildman–Crippen LogP) is 3.67. The van der Waals surface area contributed by atoms with E-state index in [0.29, 0.717) is 16.8 Å². The first kappa shape index (κ1) is 19.2. The van der Waals surface area contributed by atoms with Gasteiger partial charge in [0.05, 0.1) is 22.4 Å². The Morgan fingerprint density at radius 1 is 0.767 bits per heavy atom. The Kier molecular flexibility index (Phi) is 4.93. The highest BCUT2D eigenvalue weighted by atomic mass is 19.1. The van der Waals surface area contributed by atoms with Gasteiger partial charge in [0.25, 0.3) is 11.8 Å². The van der Waals surface area contributed by atoms with Gasteiger partial charge in [0.1, 0.15) is 5.82 Å². The summed E-state index contributed by atoms with van der Waals surface area (Å²) in [5, 5.41) is 0. The summed E-state index contributed by atoms with van der Waals surface area (Å²) in [4.78, 5) is 50.3. The third-order valence-electron chi connectivity index (χ3n) is 4.66. The number of rotatable bonds is 5. The first-order valence-electron chi connectivity index (χ1n) is 8.99. The van der Waals surface area contributed by atoms with E-state index < -0.39 is 36.0 Å². The molecule has 6 nitrogen and oxygen atoms in total. The van der Waals surface area contributed by atoms with E-state index in [1.165, 1.54) is 36.4 Å². The smallest absolute Gasteiger partial charge is 0.338 e. The molecule has 0 aromatic heterocycles. The molecule has 1 aliphatic heterocycles. The minimum absolute atomic E-state index is 0.155. The van der Waals surface area contributed by atoms with Crippen LogP contribution < -0.4 is 4.90 Å². The highest BCUT2D eigenvalue weighted by Crippen LogP contribution is 2.28. The van der Waals surface area contributed by atoms with E-state index in [-0.39, 0.29) is 11.1 Å². The molecule has 0 saturated heterocycles. The fourth-order valence-electron chi connectivity index (χ4n) is 3.10. The van der Waals surface area contributed by atoms with Crippen LogP contribution in [0.25, 0.3) is 0 Å². The summed E-state index contributed by atoms with van der Waals surface area (Å²) < 4.78 is 17.9.